The summed E-state index contributed by atoms with van der Waals surface area (Å²) >= 11 is 0.770. The van der Waals surface area contributed by atoms with Crippen molar-refractivity contribution in [3.63, 3.8) is 0 Å². The average Bonchev–Trinajstić information content (AvgIpc) is 2.86. The zero-order valence-electron chi connectivity index (χ0n) is 11.1. The van der Waals surface area contributed by atoms with Crippen molar-refractivity contribution in [1.29, 1.82) is 0 Å². The lowest BCUT2D eigenvalue weighted by atomic mass is 10.1. The Balaban J connectivity index is 2.43. The first-order valence-corrected chi connectivity index (χ1v) is 6.82. The fraction of sp³-hybridized carbons (Fsp3) is 0.308. The molecule has 2 aromatic rings. The van der Waals surface area contributed by atoms with Gasteiger partial charge in [0.1, 0.15) is 5.01 Å². The monoisotopic (exact) mass is 317 g/mol. The third-order valence-electron chi connectivity index (χ3n) is 3.01. The standard InChI is InChI=1S/C13H14F3N3OS/c1-12(20,13(14,15)16)11-19-6-10(21-11)8-2-7(5-17)3-9(18)4-8/h2-4,6,20H,5,17-18H2,1H3. The molecule has 0 fully saturated rings. The van der Waals surface area contributed by atoms with Crippen molar-refractivity contribution in [3.05, 3.63) is 35.0 Å². The summed E-state index contributed by atoms with van der Waals surface area (Å²) in [7, 11) is 0. The number of hydrogen-bond donors (Lipinski definition) is 3. The normalized spacial score (nSPS) is 15.0. The van der Waals surface area contributed by atoms with Crippen molar-refractivity contribution in [1.82, 2.24) is 4.98 Å². The summed E-state index contributed by atoms with van der Waals surface area (Å²) in [5.41, 5.74) is 10.1. The molecule has 2 rings (SSSR count). The van der Waals surface area contributed by atoms with Crippen LogP contribution in [0.2, 0.25) is 0 Å². The van der Waals surface area contributed by atoms with Crippen molar-refractivity contribution < 1.29 is 18.3 Å². The number of nitrogens with two attached hydrogens (primary N) is 2. The van der Waals surface area contributed by atoms with Gasteiger partial charge in [-0.2, -0.15) is 13.2 Å². The van der Waals surface area contributed by atoms with Gasteiger partial charge in [-0.15, -0.1) is 11.3 Å². The number of benzene rings is 1. The first-order chi connectivity index (χ1) is 9.65. The van der Waals surface area contributed by atoms with E-state index in [0.717, 1.165) is 16.9 Å². The Morgan fingerprint density at radius 3 is 2.52 bits per heavy atom. The maximum Gasteiger partial charge on any atom is 0.423 e. The van der Waals surface area contributed by atoms with Crippen LogP contribution in [0.5, 0.6) is 0 Å². The van der Waals surface area contributed by atoms with Gasteiger partial charge in [-0.25, -0.2) is 4.98 Å². The maximum atomic E-state index is 12.8. The van der Waals surface area contributed by atoms with E-state index in [1.165, 1.54) is 6.20 Å². The lowest BCUT2D eigenvalue weighted by molar-refractivity contribution is -0.258. The number of alkyl halides is 3. The number of nitrogens with zero attached hydrogens (tertiary/aromatic N) is 1. The van der Waals surface area contributed by atoms with Crippen LogP contribution in [0.1, 0.15) is 17.5 Å². The average molecular weight is 317 g/mol. The van der Waals surface area contributed by atoms with Gasteiger partial charge in [-0.3, -0.25) is 0 Å². The second-order valence-corrected chi connectivity index (χ2v) is 5.80. The minimum atomic E-state index is -4.79. The molecule has 1 heterocycles. The Morgan fingerprint density at radius 2 is 1.95 bits per heavy atom. The summed E-state index contributed by atoms with van der Waals surface area (Å²) in [6, 6.07) is 5.05. The predicted octanol–water partition coefficient (Wildman–Crippen LogP) is 2.62. The Labute approximate surface area is 123 Å². The smallest absolute Gasteiger partial charge is 0.399 e. The third-order valence-corrected chi connectivity index (χ3v) is 4.27. The molecule has 21 heavy (non-hydrogen) atoms. The second-order valence-electron chi connectivity index (χ2n) is 4.77. The summed E-state index contributed by atoms with van der Waals surface area (Å²) in [6.07, 6.45) is -3.50. The predicted molar refractivity (Wildman–Crippen MR) is 75.5 cm³/mol. The van der Waals surface area contributed by atoms with Gasteiger partial charge < -0.3 is 16.6 Å². The number of anilines is 1. The first kappa shape index (κ1) is 15.7. The molecule has 0 aliphatic carbocycles. The van der Waals surface area contributed by atoms with E-state index < -0.39 is 16.8 Å². The molecule has 0 spiro atoms. The van der Waals surface area contributed by atoms with E-state index in [9.17, 15) is 18.3 Å². The highest BCUT2D eigenvalue weighted by atomic mass is 32.1. The van der Waals surface area contributed by atoms with E-state index in [-0.39, 0.29) is 6.54 Å². The van der Waals surface area contributed by atoms with E-state index in [2.05, 4.69) is 4.98 Å². The zero-order valence-corrected chi connectivity index (χ0v) is 11.9. The Bertz CT molecular complexity index is 652. The van der Waals surface area contributed by atoms with Crippen LogP contribution in [0.3, 0.4) is 0 Å². The molecular formula is C13H14F3N3OS. The molecule has 0 amide bonds. The van der Waals surface area contributed by atoms with E-state index in [1.54, 1.807) is 18.2 Å². The number of aromatic nitrogens is 1. The number of halogens is 3. The molecule has 1 unspecified atom stereocenters. The Hall–Kier alpha value is -1.64. The number of nitrogen functional groups attached to an aromatic ring is 1. The van der Waals surface area contributed by atoms with Crippen molar-refractivity contribution in [2.75, 3.05) is 5.73 Å². The van der Waals surface area contributed by atoms with Crippen LogP contribution < -0.4 is 11.5 Å². The molecule has 5 N–H and O–H groups in total. The Kier molecular flexibility index (Phi) is 3.96. The number of aliphatic hydroxyl groups is 1. The topological polar surface area (TPSA) is 85.2 Å². The van der Waals surface area contributed by atoms with Gasteiger partial charge in [0.2, 0.25) is 5.60 Å². The largest absolute Gasteiger partial charge is 0.423 e. The van der Waals surface area contributed by atoms with Crippen LogP contribution in [0, 0.1) is 0 Å². The van der Waals surface area contributed by atoms with Crippen molar-refractivity contribution in [3.8, 4) is 10.4 Å². The number of hydrogen-bond acceptors (Lipinski definition) is 5. The molecule has 1 aromatic heterocycles. The molecule has 8 heteroatoms. The quantitative estimate of drug-likeness (QED) is 0.760. The van der Waals surface area contributed by atoms with Crippen LogP contribution >= 0.6 is 11.3 Å². The van der Waals surface area contributed by atoms with E-state index in [0.29, 0.717) is 23.1 Å². The van der Waals surface area contributed by atoms with Gasteiger partial charge in [-0.1, -0.05) is 0 Å². The fourth-order valence-electron chi connectivity index (χ4n) is 1.73. The van der Waals surface area contributed by atoms with Crippen LogP contribution in [0.4, 0.5) is 18.9 Å². The molecule has 0 saturated carbocycles. The molecule has 0 aliphatic heterocycles. The zero-order chi connectivity index (χ0) is 15.8. The van der Waals surface area contributed by atoms with Gasteiger partial charge in [0.15, 0.2) is 0 Å². The number of thiazole rings is 1. The van der Waals surface area contributed by atoms with Crippen LogP contribution in [-0.2, 0) is 12.1 Å². The van der Waals surface area contributed by atoms with Gasteiger partial charge in [0, 0.05) is 18.4 Å². The van der Waals surface area contributed by atoms with Crippen molar-refractivity contribution in [2.45, 2.75) is 25.2 Å². The van der Waals surface area contributed by atoms with Gasteiger partial charge >= 0.3 is 6.18 Å². The SMILES string of the molecule is CC(O)(c1ncc(-c2cc(N)cc(CN)c2)s1)C(F)(F)F. The molecule has 0 radical (unpaired) electrons. The molecule has 0 aliphatic rings. The summed E-state index contributed by atoms with van der Waals surface area (Å²) < 4.78 is 38.4. The van der Waals surface area contributed by atoms with Crippen LogP contribution in [0.25, 0.3) is 10.4 Å². The van der Waals surface area contributed by atoms with E-state index >= 15 is 0 Å². The highest BCUT2D eigenvalue weighted by Gasteiger charge is 2.53. The second kappa shape index (κ2) is 5.28. The summed E-state index contributed by atoms with van der Waals surface area (Å²) in [4.78, 5) is 4.18. The molecule has 1 aromatic carbocycles. The first-order valence-electron chi connectivity index (χ1n) is 6.00. The maximum absolute atomic E-state index is 12.8. The highest BCUT2D eigenvalue weighted by Crippen LogP contribution is 2.42. The molecule has 4 nitrogen and oxygen atoms in total. The third kappa shape index (κ3) is 3.02. The summed E-state index contributed by atoms with van der Waals surface area (Å²) in [6.45, 7) is 0.949. The van der Waals surface area contributed by atoms with Crippen LogP contribution in [-0.4, -0.2) is 16.3 Å². The minimum absolute atomic E-state index is 0.268. The van der Waals surface area contributed by atoms with E-state index in [1.807, 2.05) is 0 Å². The van der Waals surface area contributed by atoms with Crippen LogP contribution in [0.15, 0.2) is 24.4 Å². The summed E-state index contributed by atoms with van der Waals surface area (Å²) in [5, 5.41) is 9.20. The van der Waals surface area contributed by atoms with Gasteiger partial charge in [-0.05, 0) is 36.2 Å². The fourth-order valence-corrected chi connectivity index (χ4v) is 2.70. The molecule has 0 bridgehead atoms. The molecule has 1 atom stereocenters. The molecular weight excluding hydrogens is 303 g/mol. The van der Waals surface area contributed by atoms with Gasteiger partial charge in [0.05, 0.1) is 4.88 Å². The lowest BCUT2D eigenvalue weighted by Crippen LogP contribution is -2.39. The minimum Gasteiger partial charge on any atom is -0.399 e. The number of rotatable bonds is 3. The molecule has 114 valence electrons. The molecule has 0 saturated heterocycles. The highest BCUT2D eigenvalue weighted by molar-refractivity contribution is 7.15. The lowest BCUT2D eigenvalue weighted by Gasteiger charge is -2.23. The Morgan fingerprint density at radius 1 is 1.29 bits per heavy atom. The van der Waals surface area contributed by atoms with Crippen molar-refractivity contribution in [2.24, 2.45) is 5.73 Å². The van der Waals surface area contributed by atoms with Crippen molar-refractivity contribution >= 4 is 17.0 Å². The summed E-state index contributed by atoms with van der Waals surface area (Å²) in [5.74, 6) is 0. The van der Waals surface area contributed by atoms with Gasteiger partial charge in [0.25, 0.3) is 0 Å². The van der Waals surface area contributed by atoms with E-state index in [4.69, 9.17) is 11.5 Å².